The van der Waals surface area contributed by atoms with E-state index in [-0.39, 0.29) is 12.5 Å². The zero-order chi connectivity index (χ0) is 22.1. The molecule has 1 amide bonds. The summed E-state index contributed by atoms with van der Waals surface area (Å²) in [7, 11) is -1.86. The van der Waals surface area contributed by atoms with Crippen molar-refractivity contribution in [1.82, 2.24) is 5.32 Å². The van der Waals surface area contributed by atoms with Crippen LogP contribution in [0.2, 0.25) is 0 Å². The normalized spacial score (nSPS) is 10.9. The summed E-state index contributed by atoms with van der Waals surface area (Å²) in [5.41, 5.74) is 1.39. The molecule has 2 aromatic rings. The fourth-order valence-corrected chi connectivity index (χ4v) is 3.05. The summed E-state index contributed by atoms with van der Waals surface area (Å²) in [6, 6.07) is 12.0. The molecule has 0 spiro atoms. The first-order valence-corrected chi connectivity index (χ1v) is 11.4. The van der Waals surface area contributed by atoms with Crippen LogP contribution in [0.5, 0.6) is 17.2 Å². The van der Waals surface area contributed by atoms with Crippen LogP contribution in [0, 0.1) is 0 Å². The average Bonchev–Trinajstić information content (AvgIpc) is 2.72. The van der Waals surface area contributed by atoms with E-state index in [2.05, 4.69) is 5.32 Å². The van der Waals surface area contributed by atoms with Crippen molar-refractivity contribution in [2.75, 3.05) is 37.4 Å². The minimum absolute atomic E-state index is 0.156. The van der Waals surface area contributed by atoms with Crippen molar-refractivity contribution in [1.29, 1.82) is 0 Å². The molecular formula is C21H28N2O6S. The average molecular weight is 437 g/mol. The highest BCUT2D eigenvalue weighted by Crippen LogP contribution is 2.28. The molecule has 0 radical (unpaired) electrons. The molecule has 1 N–H and O–H groups in total. The van der Waals surface area contributed by atoms with E-state index in [1.165, 1.54) is 7.05 Å². The molecule has 0 heterocycles. The Morgan fingerprint density at radius 3 is 2.20 bits per heavy atom. The Morgan fingerprint density at radius 2 is 1.60 bits per heavy atom. The van der Waals surface area contributed by atoms with Crippen LogP contribution < -0.4 is 23.8 Å². The Morgan fingerprint density at radius 1 is 0.967 bits per heavy atom. The van der Waals surface area contributed by atoms with Gasteiger partial charge in [-0.05, 0) is 55.8 Å². The molecular weight excluding hydrogens is 408 g/mol. The summed E-state index contributed by atoms with van der Waals surface area (Å²) in [4.78, 5) is 12.1. The van der Waals surface area contributed by atoms with Crippen molar-refractivity contribution in [3.63, 3.8) is 0 Å². The van der Waals surface area contributed by atoms with Gasteiger partial charge in [-0.1, -0.05) is 6.07 Å². The quantitative estimate of drug-likeness (QED) is 0.582. The smallest absolute Gasteiger partial charge is 0.258 e. The molecule has 0 saturated heterocycles. The van der Waals surface area contributed by atoms with E-state index in [1.54, 1.807) is 24.3 Å². The topological polar surface area (TPSA) is 94.2 Å². The van der Waals surface area contributed by atoms with Gasteiger partial charge in [0.05, 0.1) is 25.2 Å². The Labute approximate surface area is 177 Å². The number of amides is 1. The maximum Gasteiger partial charge on any atom is 0.258 e. The molecule has 0 atom stereocenters. The molecule has 0 aliphatic carbocycles. The molecule has 30 heavy (non-hydrogen) atoms. The number of benzene rings is 2. The molecule has 0 unspecified atom stereocenters. The predicted molar refractivity (Wildman–Crippen MR) is 116 cm³/mol. The van der Waals surface area contributed by atoms with Crippen LogP contribution in [0.25, 0.3) is 0 Å². The Balaban J connectivity index is 1.87. The Hall–Kier alpha value is -2.94. The van der Waals surface area contributed by atoms with Gasteiger partial charge in [-0.3, -0.25) is 9.10 Å². The molecule has 2 rings (SSSR count). The lowest BCUT2D eigenvalue weighted by atomic mass is 10.2. The van der Waals surface area contributed by atoms with Gasteiger partial charge in [0.15, 0.2) is 18.1 Å². The molecule has 0 aliphatic heterocycles. The second-order valence-electron chi connectivity index (χ2n) is 6.44. The molecule has 0 aromatic heterocycles. The van der Waals surface area contributed by atoms with Crippen LogP contribution in [0.4, 0.5) is 5.69 Å². The molecule has 2 aromatic carbocycles. The van der Waals surface area contributed by atoms with Gasteiger partial charge in [-0.15, -0.1) is 0 Å². The van der Waals surface area contributed by atoms with Crippen molar-refractivity contribution in [2.24, 2.45) is 0 Å². The number of sulfonamides is 1. The van der Waals surface area contributed by atoms with Gasteiger partial charge in [0.2, 0.25) is 10.0 Å². The maximum atomic E-state index is 12.1. The lowest BCUT2D eigenvalue weighted by Gasteiger charge is -2.16. The number of rotatable bonds is 11. The van der Waals surface area contributed by atoms with E-state index in [0.717, 1.165) is 16.1 Å². The summed E-state index contributed by atoms with van der Waals surface area (Å²) >= 11 is 0. The standard InChI is InChI=1S/C21H28N2O6S/c1-5-27-19-12-7-16(13-20(19)28-6-2)14-22-21(24)15-29-18-10-8-17(9-11-18)23(3)30(4,25)26/h7-13H,5-6,14-15H2,1-4H3,(H,22,24). The number of nitrogens with one attached hydrogen (secondary N) is 1. The number of carbonyl (C=O) groups is 1. The van der Waals surface area contributed by atoms with Crippen LogP contribution in [0.1, 0.15) is 19.4 Å². The van der Waals surface area contributed by atoms with E-state index >= 15 is 0 Å². The van der Waals surface area contributed by atoms with Crippen LogP contribution in [0.15, 0.2) is 42.5 Å². The molecule has 164 valence electrons. The highest BCUT2D eigenvalue weighted by Gasteiger charge is 2.12. The highest BCUT2D eigenvalue weighted by atomic mass is 32.2. The number of carbonyl (C=O) groups excluding carboxylic acids is 1. The monoisotopic (exact) mass is 436 g/mol. The van der Waals surface area contributed by atoms with E-state index in [0.29, 0.717) is 42.7 Å². The molecule has 0 saturated carbocycles. The molecule has 0 bridgehead atoms. The summed E-state index contributed by atoms with van der Waals surface area (Å²) < 4.78 is 40.9. The van der Waals surface area contributed by atoms with Crippen molar-refractivity contribution in [3.05, 3.63) is 48.0 Å². The second-order valence-corrected chi connectivity index (χ2v) is 8.45. The molecule has 8 nitrogen and oxygen atoms in total. The lowest BCUT2D eigenvalue weighted by Crippen LogP contribution is -2.28. The van der Waals surface area contributed by atoms with Crippen molar-refractivity contribution >= 4 is 21.6 Å². The molecule has 0 fully saturated rings. The van der Waals surface area contributed by atoms with Gasteiger partial charge in [-0.2, -0.15) is 0 Å². The fourth-order valence-electron chi connectivity index (χ4n) is 2.55. The number of nitrogens with zero attached hydrogens (tertiary/aromatic N) is 1. The largest absolute Gasteiger partial charge is 0.490 e. The third-order valence-electron chi connectivity index (χ3n) is 4.17. The minimum atomic E-state index is -3.33. The van der Waals surface area contributed by atoms with Gasteiger partial charge in [0.25, 0.3) is 5.91 Å². The molecule has 9 heteroatoms. The zero-order valence-electron chi connectivity index (χ0n) is 17.7. The first kappa shape index (κ1) is 23.3. The third kappa shape index (κ3) is 6.84. The zero-order valence-corrected chi connectivity index (χ0v) is 18.5. The van der Waals surface area contributed by atoms with Crippen LogP contribution in [-0.2, 0) is 21.4 Å². The van der Waals surface area contributed by atoms with E-state index in [1.807, 2.05) is 32.0 Å². The number of ether oxygens (including phenoxy) is 3. The van der Waals surface area contributed by atoms with Crippen molar-refractivity contribution in [3.8, 4) is 17.2 Å². The van der Waals surface area contributed by atoms with Gasteiger partial charge in [0, 0.05) is 13.6 Å². The molecule has 0 aliphatic rings. The van der Waals surface area contributed by atoms with Crippen molar-refractivity contribution in [2.45, 2.75) is 20.4 Å². The number of hydrogen-bond acceptors (Lipinski definition) is 6. The number of hydrogen-bond donors (Lipinski definition) is 1. The summed E-state index contributed by atoms with van der Waals surface area (Å²) in [5, 5.41) is 2.79. The number of anilines is 1. The Bertz CT molecular complexity index is 944. The first-order valence-electron chi connectivity index (χ1n) is 9.56. The van der Waals surface area contributed by atoms with E-state index in [9.17, 15) is 13.2 Å². The van der Waals surface area contributed by atoms with E-state index < -0.39 is 10.0 Å². The lowest BCUT2D eigenvalue weighted by molar-refractivity contribution is -0.123. The van der Waals surface area contributed by atoms with Crippen LogP contribution in [-0.4, -0.2) is 47.4 Å². The predicted octanol–water partition coefficient (Wildman–Crippen LogP) is 2.58. The second kappa shape index (κ2) is 10.7. The van der Waals surface area contributed by atoms with Gasteiger partial charge < -0.3 is 19.5 Å². The third-order valence-corrected chi connectivity index (χ3v) is 5.37. The first-order chi connectivity index (χ1) is 14.2. The Kier molecular flexibility index (Phi) is 8.35. The van der Waals surface area contributed by atoms with Gasteiger partial charge >= 0.3 is 0 Å². The summed E-state index contributed by atoms with van der Waals surface area (Å²) in [6.07, 6.45) is 1.13. The summed E-state index contributed by atoms with van der Waals surface area (Å²) in [6.45, 7) is 5.03. The highest BCUT2D eigenvalue weighted by molar-refractivity contribution is 7.92. The van der Waals surface area contributed by atoms with E-state index in [4.69, 9.17) is 14.2 Å². The summed E-state index contributed by atoms with van der Waals surface area (Å²) in [5.74, 6) is 1.50. The SMILES string of the molecule is CCOc1ccc(CNC(=O)COc2ccc(N(C)S(C)(=O)=O)cc2)cc1OCC. The van der Waals surface area contributed by atoms with Crippen molar-refractivity contribution < 1.29 is 27.4 Å². The van der Waals surface area contributed by atoms with Gasteiger partial charge in [0.1, 0.15) is 5.75 Å². The van der Waals surface area contributed by atoms with Crippen LogP contribution >= 0.6 is 0 Å². The fraction of sp³-hybridized carbons (Fsp3) is 0.381. The van der Waals surface area contributed by atoms with Crippen LogP contribution in [0.3, 0.4) is 0 Å². The van der Waals surface area contributed by atoms with Gasteiger partial charge in [-0.25, -0.2) is 8.42 Å². The minimum Gasteiger partial charge on any atom is -0.490 e. The maximum absolute atomic E-state index is 12.1.